The van der Waals surface area contributed by atoms with Crippen LogP contribution in [0.3, 0.4) is 0 Å². The first-order valence-electron chi connectivity index (χ1n) is 6.25. The molecule has 0 aliphatic carbocycles. The first-order valence-corrected chi connectivity index (χ1v) is 6.62. The van der Waals surface area contributed by atoms with E-state index in [1.54, 1.807) is 6.92 Å². The van der Waals surface area contributed by atoms with Crippen LogP contribution in [0.15, 0.2) is 0 Å². The second-order valence-electron chi connectivity index (χ2n) is 4.25. The fraction of sp³-hybridized carbons (Fsp3) is 0.667. The summed E-state index contributed by atoms with van der Waals surface area (Å²) in [5.41, 5.74) is 0.669. The largest absolute Gasteiger partial charge is 0.411 e. The molecule has 0 spiro atoms. The van der Waals surface area contributed by atoms with Crippen LogP contribution in [-0.4, -0.2) is 35.9 Å². The van der Waals surface area contributed by atoms with Crippen LogP contribution in [0.25, 0.3) is 0 Å². The molecule has 0 aliphatic rings. The summed E-state index contributed by atoms with van der Waals surface area (Å²) in [5.74, 6) is 1.14. The van der Waals surface area contributed by atoms with E-state index in [0.29, 0.717) is 28.8 Å². The van der Waals surface area contributed by atoms with E-state index in [1.165, 1.54) is 0 Å². The molecular formula is C12H17ClF3N3O. The molecule has 0 atom stereocenters. The number of halogens is 4. The van der Waals surface area contributed by atoms with Gasteiger partial charge in [-0.05, 0) is 13.3 Å². The predicted octanol–water partition coefficient (Wildman–Crippen LogP) is 3.38. The van der Waals surface area contributed by atoms with Crippen LogP contribution in [-0.2, 0) is 11.2 Å². The zero-order valence-corrected chi connectivity index (χ0v) is 12.1. The summed E-state index contributed by atoms with van der Waals surface area (Å²) in [5, 5.41) is 3.26. The van der Waals surface area contributed by atoms with Gasteiger partial charge in [0.2, 0.25) is 0 Å². The lowest BCUT2D eigenvalue weighted by atomic mass is 10.3. The van der Waals surface area contributed by atoms with Gasteiger partial charge in [-0.1, -0.05) is 18.5 Å². The van der Waals surface area contributed by atoms with E-state index >= 15 is 0 Å². The molecule has 4 nitrogen and oxygen atoms in total. The molecule has 0 saturated carbocycles. The average Bonchev–Trinajstić information content (AvgIpc) is 2.33. The Morgan fingerprint density at radius 1 is 1.30 bits per heavy atom. The molecule has 0 amide bonds. The number of hydrogen-bond acceptors (Lipinski definition) is 4. The maximum absolute atomic E-state index is 11.9. The topological polar surface area (TPSA) is 47.0 Å². The van der Waals surface area contributed by atoms with Crippen molar-refractivity contribution in [3.05, 3.63) is 16.5 Å². The van der Waals surface area contributed by atoms with Crippen LogP contribution in [0, 0.1) is 6.92 Å². The maximum atomic E-state index is 11.9. The molecule has 114 valence electrons. The van der Waals surface area contributed by atoms with Crippen molar-refractivity contribution in [1.82, 2.24) is 9.97 Å². The monoisotopic (exact) mass is 311 g/mol. The molecule has 1 rings (SSSR count). The highest BCUT2D eigenvalue weighted by atomic mass is 35.5. The molecule has 20 heavy (non-hydrogen) atoms. The van der Waals surface area contributed by atoms with Crippen molar-refractivity contribution in [1.29, 1.82) is 0 Å². The fourth-order valence-electron chi connectivity index (χ4n) is 1.47. The third-order valence-electron chi connectivity index (χ3n) is 2.41. The molecule has 0 aliphatic heterocycles. The Morgan fingerprint density at radius 2 is 2.00 bits per heavy atom. The number of rotatable bonds is 7. The van der Waals surface area contributed by atoms with E-state index in [0.717, 1.165) is 6.42 Å². The summed E-state index contributed by atoms with van der Waals surface area (Å²) in [6.45, 7) is 2.64. The molecule has 0 fully saturated rings. The summed E-state index contributed by atoms with van der Waals surface area (Å²) in [7, 11) is 0. The highest BCUT2D eigenvalue weighted by molar-refractivity contribution is 6.30. The molecule has 8 heteroatoms. The van der Waals surface area contributed by atoms with Crippen LogP contribution in [0.1, 0.15) is 24.7 Å². The summed E-state index contributed by atoms with van der Waals surface area (Å²) in [4.78, 5) is 8.42. The molecule has 0 aromatic carbocycles. The Bertz CT molecular complexity index is 441. The Labute approximate surface area is 120 Å². The minimum absolute atomic E-state index is 0.0658. The van der Waals surface area contributed by atoms with Gasteiger partial charge in [-0.3, -0.25) is 0 Å². The SMILES string of the molecule is CCCc1nc(Cl)c(C)c(NCCOCC(F)(F)F)n1. The van der Waals surface area contributed by atoms with Gasteiger partial charge in [0.05, 0.1) is 6.61 Å². The highest BCUT2D eigenvalue weighted by Gasteiger charge is 2.27. The Hall–Kier alpha value is -1.08. The molecule has 1 heterocycles. The van der Waals surface area contributed by atoms with Gasteiger partial charge < -0.3 is 10.1 Å². The average molecular weight is 312 g/mol. The van der Waals surface area contributed by atoms with Crippen LogP contribution < -0.4 is 5.32 Å². The van der Waals surface area contributed by atoms with Gasteiger partial charge in [-0.2, -0.15) is 13.2 Å². The van der Waals surface area contributed by atoms with Crippen LogP contribution >= 0.6 is 11.6 Å². The molecule has 0 bridgehead atoms. The van der Waals surface area contributed by atoms with E-state index in [4.69, 9.17) is 11.6 Å². The van der Waals surface area contributed by atoms with Gasteiger partial charge in [-0.25, -0.2) is 9.97 Å². The summed E-state index contributed by atoms with van der Waals surface area (Å²) in [6.07, 6.45) is -2.73. The van der Waals surface area contributed by atoms with Crippen molar-refractivity contribution in [2.45, 2.75) is 32.9 Å². The molecule has 1 aromatic heterocycles. The molecule has 1 N–H and O–H groups in total. The van der Waals surface area contributed by atoms with E-state index in [9.17, 15) is 13.2 Å². The van der Waals surface area contributed by atoms with Crippen molar-refractivity contribution in [3.63, 3.8) is 0 Å². The second kappa shape index (κ2) is 7.64. The molecule has 1 aromatic rings. The second-order valence-corrected chi connectivity index (χ2v) is 4.61. The Balaban J connectivity index is 2.50. The lowest BCUT2D eigenvalue weighted by Crippen LogP contribution is -2.20. The van der Waals surface area contributed by atoms with Gasteiger partial charge >= 0.3 is 6.18 Å². The van der Waals surface area contributed by atoms with Crippen molar-refractivity contribution in [2.24, 2.45) is 0 Å². The molecule has 0 saturated heterocycles. The standard InChI is InChI=1S/C12H17ClF3N3O/c1-3-4-9-18-10(13)8(2)11(19-9)17-5-6-20-7-12(14,15)16/h3-7H2,1-2H3,(H,17,18,19). The van der Waals surface area contributed by atoms with Crippen molar-refractivity contribution in [2.75, 3.05) is 25.1 Å². The van der Waals surface area contributed by atoms with Crippen molar-refractivity contribution in [3.8, 4) is 0 Å². The number of ether oxygens (including phenoxy) is 1. The minimum Gasteiger partial charge on any atom is -0.370 e. The minimum atomic E-state index is -4.30. The highest BCUT2D eigenvalue weighted by Crippen LogP contribution is 2.20. The Kier molecular flexibility index (Phi) is 6.48. The number of aromatic nitrogens is 2. The zero-order chi connectivity index (χ0) is 15.2. The van der Waals surface area contributed by atoms with E-state index in [-0.39, 0.29) is 13.2 Å². The lowest BCUT2D eigenvalue weighted by molar-refractivity contribution is -0.172. The van der Waals surface area contributed by atoms with E-state index in [2.05, 4.69) is 20.0 Å². The maximum Gasteiger partial charge on any atom is 0.411 e. The van der Waals surface area contributed by atoms with E-state index < -0.39 is 12.8 Å². The lowest BCUT2D eigenvalue weighted by Gasteiger charge is -2.12. The van der Waals surface area contributed by atoms with Crippen LogP contribution in [0.2, 0.25) is 5.15 Å². The van der Waals surface area contributed by atoms with Gasteiger partial charge in [0.15, 0.2) is 0 Å². The van der Waals surface area contributed by atoms with Gasteiger partial charge in [0.25, 0.3) is 0 Å². The number of anilines is 1. The van der Waals surface area contributed by atoms with E-state index in [1.807, 2.05) is 6.92 Å². The smallest absolute Gasteiger partial charge is 0.370 e. The molecule has 0 radical (unpaired) electrons. The fourth-order valence-corrected chi connectivity index (χ4v) is 1.66. The number of alkyl halides is 3. The number of nitrogens with zero attached hydrogens (tertiary/aromatic N) is 2. The normalized spacial score (nSPS) is 11.7. The quantitative estimate of drug-likeness (QED) is 0.619. The Morgan fingerprint density at radius 3 is 2.60 bits per heavy atom. The van der Waals surface area contributed by atoms with Crippen molar-refractivity contribution < 1.29 is 17.9 Å². The predicted molar refractivity (Wildman–Crippen MR) is 71.1 cm³/mol. The van der Waals surface area contributed by atoms with Crippen molar-refractivity contribution >= 4 is 17.4 Å². The third-order valence-corrected chi connectivity index (χ3v) is 2.78. The first kappa shape index (κ1) is 17.0. The van der Waals surface area contributed by atoms with Gasteiger partial charge in [-0.15, -0.1) is 0 Å². The van der Waals surface area contributed by atoms with Gasteiger partial charge in [0, 0.05) is 18.5 Å². The molecule has 0 unspecified atom stereocenters. The third kappa shape index (κ3) is 5.92. The van der Waals surface area contributed by atoms with Gasteiger partial charge in [0.1, 0.15) is 23.4 Å². The number of hydrogen-bond donors (Lipinski definition) is 1. The van der Waals surface area contributed by atoms with Crippen LogP contribution in [0.5, 0.6) is 0 Å². The summed E-state index contributed by atoms with van der Waals surface area (Å²) < 4.78 is 40.1. The summed E-state index contributed by atoms with van der Waals surface area (Å²) in [6, 6.07) is 0. The number of nitrogens with one attached hydrogen (secondary N) is 1. The zero-order valence-electron chi connectivity index (χ0n) is 11.4. The summed E-state index contributed by atoms with van der Waals surface area (Å²) >= 11 is 5.98. The van der Waals surface area contributed by atoms with Crippen LogP contribution in [0.4, 0.5) is 19.0 Å². The number of aryl methyl sites for hydroxylation is 1. The molecular weight excluding hydrogens is 295 g/mol. The first-order chi connectivity index (χ1) is 9.33.